The molecule has 1 atom stereocenters. The molecule has 0 bridgehead atoms. The first kappa shape index (κ1) is 13.3. The number of carbonyl (C=O) groups is 1. The molecule has 92 valence electrons. The second-order valence-electron chi connectivity index (χ2n) is 5.85. The van der Waals surface area contributed by atoms with Gasteiger partial charge in [-0.2, -0.15) is 0 Å². The highest BCUT2D eigenvalue weighted by atomic mass is 16.5. The van der Waals surface area contributed by atoms with Gasteiger partial charge in [-0.25, -0.2) is 0 Å². The van der Waals surface area contributed by atoms with E-state index < -0.39 is 0 Å². The summed E-state index contributed by atoms with van der Waals surface area (Å²) >= 11 is 0. The second kappa shape index (κ2) is 4.60. The van der Waals surface area contributed by atoms with Gasteiger partial charge in [-0.1, -0.05) is 39.3 Å². The van der Waals surface area contributed by atoms with Crippen LogP contribution in [0.25, 0.3) is 0 Å². The Morgan fingerprint density at radius 3 is 2.56 bits per heavy atom. The fourth-order valence-corrected chi connectivity index (χ4v) is 2.80. The summed E-state index contributed by atoms with van der Waals surface area (Å²) in [4.78, 5) is 11.2. The highest BCUT2D eigenvalue weighted by Gasteiger charge is 2.40. The quantitative estimate of drug-likeness (QED) is 0.539. The predicted octanol–water partition coefficient (Wildman–Crippen LogP) is 3.71. The third kappa shape index (κ3) is 2.66. The molecule has 0 N–H and O–H groups in total. The number of carbonyl (C=O) groups excluding carboxylic acids is 1. The average Bonchev–Trinajstić information content (AvgIpc) is 2.23. The van der Waals surface area contributed by atoms with Crippen LogP contribution < -0.4 is 0 Å². The Morgan fingerprint density at radius 1 is 1.38 bits per heavy atom. The molecule has 16 heavy (non-hydrogen) atoms. The summed E-state index contributed by atoms with van der Waals surface area (Å²) in [6, 6.07) is 0. The number of allylic oxidation sites excluding steroid dienone is 1. The number of esters is 1. The lowest BCUT2D eigenvalue weighted by atomic mass is 9.59. The van der Waals surface area contributed by atoms with Crippen LogP contribution in [0.4, 0.5) is 0 Å². The van der Waals surface area contributed by atoms with Gasteiger partial charge >= 0.3 is 5.97 Å². The molecule has 0 amide bonds. The summed E-state index contributed by atoms with van der Waals surface area (Å²) in [6.07, 6.45) is 4.94. The minimum absolute atomic E-state index is 0.107. The van der Waals surface area contributed by atoms with E-state index in [1.54, 1.807) is 0 Å². The molecule has 2 heteroatoms. The van der Waals surface area contributed by atoms with Gasteiger partial charge in [0.2, 0.25) is 0 Å². The summed E-state index contributed by atoms with van der Waals surface area (Å²) in [5.74, 6) is -0.114. The third-order valence-corrected chi connectivity index (χ3v) is 4.18. The molecule has 0 aromatic heterocycles. The SMILES string of the molecule is C=C1C(C)(C)CCC[C@]1(C)CCC(=O)OC. The van der Waals surface area contributed by atoms with Crippen LogP contribution in [0.3, 0.4) is 0 Å². The minimum atomic E-state index is -0.114. The number of methoxy groups -OCH3 is 1. The van der Waals surface area contributed by atoms with Crippen molar-refractivity contribution >= 4 is 5.97 Å². The van der Waals surface area contributed by atoms with E-state index in [4.69, 9.17) is 4.74 Å². The van der Waals surface area contributed by atoms with Crippen LogP contribution in [0.15, 0.2) is 12.2 Å². The maximum Gasteiger partial charge on any atom is 0.305 e. The van der Waals surface area contributed by atoms with Crippen LogP contribution in [0.1, 0.15) is 52.9 Å². The number of rotatable bonds is 3. The lowest BCUT2D eigenvalue weighted by Crippen LogP contribution is -2.34. The standard InChI is InChI=1S/C14H24O2/c1-11-13(2,3)8-6-9-14(11,4)10-7-12(15)16-5/h1,6-10H2,2-5H3/t14-/m1/s1. The van der Waals surface area contributed by atoms with E-state index in [-0.39, 0.29) is 16.8 Å². The molecule has 0 heterocycles. The third-order valence-electron chi connectivity index (χ3n) is 4.18. The minimum Gasteiger partial charge on any atom is -0.469 e. The van der Waals surface area contributed by atoms with Crippen molar-refractivity contribution in [3.05, 3.63) is 12.2 Å². The van der Waals surface area contributed by atoms with E-state index in [1.807, 2.05) is 0 Å². The zero-order valence-electron chi connectivity index (χ0n) is 11.1. The predicted molar refractivity (Wildman–Crippen MR) is 66.1 cm³/mol. The Labute approximate surface area is 99.1 Å². The van der Waals surface area contributed by atoms with Crippen LogP contribution in [-0.4, -0.2) is 13.1 Å². The first-order chi connectivity index (χ1) is 7.32. The van der Waals surface area contributed by atoms with Crippen molar-refractivity contribution in [1.29, 1.82) is 0 Å². The van der Waals surface area contributed by atoms with Crippen LogP contribution in [-0.2, 0) is 9.53 Å². The molecule has 0 spiro atoms. The molecular formula is C14H24O2. The molecule has 0 saturated heterocycles. The number of ether oxygens (including phenoxy) is 1. The molecule has 0 unspecified atom stereocenters. The average molecular weight is 224 g/mol. The smallest absolute Gasteiger partial charge is 0.305 e. The van der Waals surface area contributed by atoms with E-state index in [2.05, 4.69) is 27.4 Å². The molecule has 1 saturated carbocycles. The van der Waals surface area contributed by atoms with Gasteiger partial charge in [0.1, 0.15) is 0 Å². The number of hydrogen-bond acceptors (Lipinski definition) is 2. The van der Waals surface area contributed by atoms with Crippen molar-refractivity contribution in [2.24, 2.45) is 10.8 Å². The van der Waals surface area contributed by atoms with Crippen LogP contribution >= 0.6 is 0 Å². The molecule has 1 fully saturated rings. The maximum atomic E-state index is 11.2. The van der Waals surface area contributed by atoms with Crippen molar-refractivity contribution in [1.82, 2.24) is 0 Å². The molecule has 2 nitrogen and oxygen atoms in total. The highest BCUT2D eigenvalue weighted by Crippen LogP contribution is 2.51. The van der Waals surface area contributed by atoms with Crippen molar-refractivity contribution in [2.75, 3.05) is 7.11 Å². The van der Waals surface area contributed by atoms with Crippen molar-refractivity contribution in [3.63, 3.8) is 0 Å². The van der Waals surface area contributed by atoms with E-state index >= 15 is 0 Å². The van der Waals surface area contributed by atoms with Crippen LogP contribution in [0.5, 0.6) is 0 Å². The van der Waals surface area contributed by atoms with Gasteiger partial charge in [-0.05, 0) is 30.1 Å². The zero-order chi connectivity index (χ0) is 12.4. The molecule has 0 aromatic carbocycles. The molecule has 1 aliphatic rings. The normalized spacial score (nSPS) is 28.9. The van der Waals surface area contributed by atoms with Gasteiger partial charge in [0.05, 0.1) is 7.11 Å². The Bertz CT molecular complexity index is 291. The number of hydrogen-bond donors (Lipinski definition) is 0. The van der Waals surface area contributed by atoms with Gasteiger partial charge in [0, 0.05) is 6.42 Å². The van der Waals surface area contributed by atoms with Gasteiger partial charge in [-0.3, -0.25) is 4.79 Å². The first-order valence-electron chi connectivity index (χ1n) is 6.08. The molecule has 1 aliphatic carbocycles. The Hall–Kier alpha value is -0.790. The Morgan fingerprint density at radius 2 is 2.00 bits per heavy atom. The molecule has 0 radical (unpaired) electrons. The Balaban J connectivity index is 2.68. The summed E-state index contributed by atoms with van der Waals surface area (Å²) < 4.78 is 4.70. The Kier molecular flexibility index (Phi) is 3.82. The van der Waals surface area contributed by atoms with E-state index in [9.17, 15) is 4.79 Å². The first-order valence-corrected chi connectivity index (χ1v) is 6.08. The monoisotopic (exact) mass is 224 g/mol. The summed E-state index contributed by atoms with van der Waals surface area (Å²) in [6.45, 7) is 11.0. The van der Waals surface area contributed by atoms with Gasteiger partial charge < -0.3 is 4.74 Å². The summed E-state index contributed by atoms with van der Waals surface area (Å²) in [5, 5.41) is 0. The summed E-state index contributed by atoms with van der Waals surface area (Å²) in [7, 11) is 1.45. The van der Waals surface area contributed by atoms with Crippen LogP contribution in [0, 0.1) is 10.8 Å². The van der Waals surface area contributed by atoms with Gasteiger partial charge in [0.25, 0.3) is 0 Å². The molecular weight excluding hydrogens is 200 g/mol. The van der Waals surface area contributed by atoms with Gasteiger partial charge in [0.15, 0.2) is 0 Å². The molecule has 1 rings (SSSR count). The lowest BCUT2D eigenvalue weighted by Gasteiger charge is -2.45. The van der Waals surface area contributed by atoms with E-state index in [1.165, 1.54) is 25.5 Å². The molecule has 0 aliphatic heterocycles. The van der Waals surface area contributed by atoms with E-state index in [0.29, 0.717) is 6.42 Å². The van der Waals surface area contributed by atoms with E-state index in [0.717, 1.165) is 12.8 Å². The molecule has 0 aromatic rings. The van der Waals surface area contributed by atoms with Crippen molar-refractivity contribution in [3.8, 4) is 0 Å². The van der Waals surface area contributed by atoms with Crippen molar-refractivity contribution < 1.29 is 9.53 Å². The topological polar surface area (TPSA) is 26.3 Å². The highest BCUT2D eigenvalue weighted by molar-refractivity contribution is 5.69. The fourth-order valence-electron chi connectivity index (χ4n) is 2.80. The second-order valence-corrected chi connectivity index (χ2v) is 5.85. The fraction of sp³-hybridized carbons (Fsp3) is 0.786. The van der Waals surface area contributed by atoms with Crippen LogP contribution in [0.2, 0.25) is 0 Å². The lowest BCUT2D eigenvalue weighted by molar-refractivity contribution is -0.141. The van der Waals surface area contributed by atoms with Gasteiger partial charge in [-0.15, -0.1) is 0 Å². The van der Waals surface area contributed by atoms with Crippen molar-refractivity contribution in [2.45, 2.75) is 52.9 Å². The largest absolute Gasteiger partial charge is 0.469 e. The summed E-state index contributed by atoms with van der Waals surface area (Å²) in [5.41, 5.74) is 1.62. The zero-order valence-corrected chi connectivity index (χ0v) is 11.1. The maximum absolute atomic E-state index is 11.2.